The van der Waals surface area contributed by atoms with Crippen LogP contribution in [0.1, 0.15) is 43.2 Å². The maximum atomic E-state index is 12.9. The number of amides is 1. The Labute approximate surface area is 152 Å². The fourth-order valence-corrected chi connectivity index (χ4v) is 3.39. The van der Waals surface area contributed by atoms with Gasteiger partial charge in [0.1, 0.15) is 0 Å². The largest absolute Gasteiger partial charge is 0.396 e. The molecule has 7 heteroatoms. The molecule has 3 rings (SSSR count). The Balaban J connectivity index is 1.93. The molecule has 0 spiro atoms. The van der Waals surface area contributed by atoms with Crippen molar-refractivity contribution in [1.29, 1.82) is 0 Å². The van der Waals surface area contributed by atoms with Gasteiger partial charge in [0.15, 0.2) is 5.69 Å². The highest BCUT2D eigenvalue weighted by atomic mass is 16.5. The number of hydrogen-bond donors (Lipinski definition) is 2. The number of benzene rings is 1. The third kappa shape index (κ3) is 3.50. The van der Waals surface area contributed by atoms with Crippen molar-refractivity contribution in [2.24, 2.45) is 5.41 Å². The Morgan fingerprint density at radius 1 is 1.38 bits per heavy atom. The molecule has 140 valence electrons. The standard InChI is InChI=1S/C19H25N3O4/c1-13(2)22-18(25)15-6-4-3-5-14(15)16(21-22)17(24)20-11-19(7-9-23)8-10-26-12-19/h3-6,13,23H,7-12H2,1-2H3,(H,20,24). The van der Waals surface area contributed by atoms with E-state index in [0.29, 0.717) is 37.0 Å². The van der Waals surface area contributed by atoms with Gasteiger partial charge in [-0.05, 0) is 32.8 Å². The van der Waals surface area contributed by atoms with Crippen LogP contribution in [0.5, 0.6) is 0 Å². The van der Waals surface area contributed by atoms with Crippen molar-refractivity contribution in [3.63, 3.8) is 0 Å². The van der Waals surface area contributed by atoms with E-state index in [4.69, 9.17) is 4.74 Å². The Hall–Kier alpha value is -2.25. The molecule has 0 bridgehead atoms. The quantitative estimate of drug-likeness (QED) is 0.815. The van der Waals surface area contributed by atoms with Gasteiger partial charge in [0.05, 0.1) is 18.0 Å². The molecule has 1 aliphatic heterocycles. The number of ether oxygens (including phenoxy) is 1. The summed E-state index contributed by atoms with van der Waals surface area (Å²) in [5.74, 6) is -0.320. The Bertz CT molecular complexity index is 853. The summed E-state index contributed by atoms with van der Waals surface area (Å²) in [6, 6.07) is 6.88. The van der Waals surface area contributed by atoms with Crippen molar-refractivity contribution in [3.05, 3.63) is 40.3 Å². The average Bonchev–Trinajstić information content (AvgIpc) is 3.09. The SMILES string of the molecule is CC(C)n1nc(C(=O)NCC2(CCO)CCOC2)c2ccccc2c1=O. The van der Waals surface area contributed by atoms with Gasteiger partial charge in [-0.2, -0.15) is 5.10 Å². The van der Waals surface area contributed by atoms with Gasteiger partial charge in [-0.1, -0.05) is 18.2 Å². The van der Waals surface area contributed by atoms with E-state index in [1.54, 1.807) is 24.3 Å². The number of rotatable bonds is 6. The summed E-state index contributed by atoms with van der Waals surface area (Å²) in [5.41, 5.74) is -0.202. The van der Waals surface area contributed by atoms with E-state index in [9.17, 15) is 14.7 Å². The predicted octanol–water partition coefficient (Wildman–Crippen LogP) is 1.50. The van der Waals surface area contributed by atoms with Gasteiger partial charge in [-0.3, -0.25) is 9.59 Å². The molecule has 7 nitrogen and oxygen atoms in total. The molecule has 1 aromatic heterocycles. The molecular formula is C19H25N3O4. The summed E-state index contributed by atoms with van der Waals surface area (Å²) in [4.78, 5) is 25.4. The summed E-state index contributed by atoms with van der Waals surface area (Å²) in [7, 11) is 0. The topological polar surface area (TPSA) is 93.5 Å². The molecule has 1 atom stereocenters. The first-order valence-electron chi connectivity index (χ1n) is 8.96. The maximum Gasteiger partial charge on any atom is 0.274 e. The van der Waals surface area contributed by atoms with Gasteiger partial charge in [0.2, 0.25) is 0 Å². The molecule has 0 radical (unpaired) electrons. The minimum atomic E-state index is -0.320. The minimum Gasteiger partial charge on any atom is -0.396 e. The number of nitrogens with one attached hydrogen (secondary N) is 1. The Kier molecular flexibility index (Phi) is 5.38. The molecule has 26 heavy (non-hydrogen) atoms. The van der Waals surface area contributed by atoms with Crippen LogP contribution in [-0.2, 0) is 4.74 Å². The Morgan fingerprint density at radius 2 is 2.12 bits per heavy atom. The molecule has 0 saturated carbocycles. The molecular weight excluding hydrogens is 334 g/mol. The van der Waals surface area contributed by atoms with Gasteiger partial charge in [0, 0.05) is 30.6 Å². The van der Waals surface area contributed by atoms with Crippen LogP contribution in [0, 0.1) is 5.41 Å². The number of aromatic nitrogens is 2. The van der Waals surface area contributed by atoms with Gasteiger partial charge >= 0.3 is 0 Å². The summed E-state index contributed by atoms with van der Waals surface area (Å²) in [5, 5.41) is 17.6. The van der Waals surface area contributed by atoms with E-state index in [0.717, 1.165) is 6.42 Å². The second-order valence-corrected chi connectivity index (χ2v) is 7.20. The number of carbonyl (C=O) groups excluding carboxylic acids is 1. The van der Waals surface area contributed by atoms with E-state index < -0.39 is 0 Å². The van der Waals surface area contributed by atoms with Crippen LogP contribution in [0.15, 0.2) is 29.1 Å². The number of aliphatic hydroxyl groups is 1. The van der Waals surface area contributed by atoms with Gasteiger partial charge < -0.3 is 15.2 Å². The highest BCUT2D eigenvalue weighted by molar-refractivity contribution is 6.04. The number of nitrogens with zero attached hydrogens (tertiary/aromatic N) is 2. The third-order valence-corrected chi connectivity index (χ3v) is 4.98. The zero-order chi connectivity index (χ0) is 18.7. The monoisotopic (exact) mass is 359 g/mol. The maximum absolute atomic E-state index is 12.9. The van der Waals surface area contributed by atoms with Crippen LogP contribution in [0.2, 0.25) is 0 Å². The van der Waals surface area contributed by atoms with Crippen LogP contribution >= 0.6 is 0 Å². The summed E-state index contributed by atoms with van der Waals surface area (Å²) >= 11 is 0. The number of fused-ring (bicyclic) bond motifs is 1. The molecule has 2 aromatic rings. The van der Waals surface area contributed by atoms with Gasteiger partial charge in [-0.15, -0.1) is 0 Å². The molecule has 1 amide bonds. The fourth-order valence-electron chi connectivity index (χ4n) is 3.39. The molecule has 1 fully saturated rings. The lowest BCUT2D eigenvalue weighted by molar-refractivity contribution is 0.0884. The van der Waals surface area contributed by atoms with E-state index in [1.807, 2.05) is 13.8 Å². The van der Waals surface area contributed by atoms with Crippen LogP contribution < -0.4 is 10.9 Å². The van der Waals surface area contributed by atoms with Crippen molar-refractivity contribution in [2.75, 3.05) is 26.4 Å². The zero-order valence-electron chi connectivity index (χ0n) is 15.2. The summed E-state index contributed by atoms with van der Waals surface area (Å²) in [6.45, 7) is 5.33. The lowest BCUT2D eigenvalue weighted by Gasteiger charge is -2.26. The smallest absolute Gasteiger partial charge is 0.274 e. The molecule has 1 aliphatic rings. The van der Waals surface area contributed by atoms with Gasteiger partial charge in [-0.25, -0.2) is 4.68 Å². The van der Waals surface area contributed by atoms with Crippen LogP contribution in [0.4, 0.5) is 0 Å². The first-order valence-corrected chi connectivity index (χ1v) is 8.96. The second kappa shape index (κ2) is 7.55. The summed E-state index contributed by atoms with van der Waals surface area (Å²) in [6.07, 6.45) is 1.38. The van der Waals surface area contributed by atoms with Crippen molar-refractivity contribution >= 4 is 16.7 Å². The first kappa shape index (κ1) is 18.5. The molecule has 2 heterocycles. The summed E-state index contributed by atoms with van der Waals surface area (Å²) < 4.78 is 6.81. The van der Waals surface area contributed by atoms with E-state index in [2.05, 4.69) is 10.4 Å². The van der Waals surface area contributed by atoms with Crippen molar-refractivity contribution in [2.45, 2.75) is 32.7 Å². The first-order chi connectivity index (χ1) is 12.5. The number of aliphatic hydroxyl groups excluding tert-OH is 1. The highest BCUT2D eigenvalue weighted by Crippen LogP contribution is 2.31. The normalized spacial score (nSPS) is 20.0. The zero-order valence-corrected chi connectivity index (χ0v) is 15.2. The van der Waals surface area contributed by atoms with E-state index >= 15 is 0 Å². The molecule has 0 aliphatic carbocycles. The van der Waals surface area contributed by atoms with E-state index in [1.165, 1.54) is 4.68 Å². The third-order valence-electron chi connectivity index (χ3n) is 4.98. The minimum absolute atomic E-state index is 0.0542. The van der Waals surface area contributed by atoms with Crippen LogP contribution in [0.25, 0.3) is 10.8 Å². The fraction of sp³-hybridized carbons (Fsp3) is 0.526. The lowest BCUT2D eigenvalue weighted by atomic mass is 9.84. The average molecular weight is 359 g/mol. The second-order valence-electron chi connectivity index (χ2n) is 7.20. The van der Waals surface area contributed by atoms with Crippen LogP contribution in [-0.4, -0.2) is 47.2 Å². The van der Waals surface area contributed by atoms with Crippen molar-refractivity contribution < 1.29 is 14.6 Å². The number of carbonyl (C=O) groups is 1. The van der Waals surface area contributed by atoms with E-state index in [-0.39, 0.29) is 35.2 Å². The highest BCUT2D eigenvalue weighted by Gasteiger charge is 2.35. The lowest BCUT2D eigenvalue weighted by Crippen LogP contribution is -2.40. The van der Waals surface area contributed by atoms with Crippen molar-refractivity contribution in [1.82, 2.24) is 15.1 Å². The van der Waals surface area contributed by atoms with Gasteiger partial charge in [0.25, 0.3) is 11.5 Å². The van der Waals surface area contributed by atoms with Crippen molar-refractivity contribution in [3.8, 4) is 0 Å². The molecule has 1 unspecified atom stereocenters. The molecule has 2 N–H and O–H groups in total. The number of hydrogen-bond acceptors (Lipinski definition) is 5. The molecule has 1 aromatic carbocycles. The predicted molar refractivity (Wildman–Crippen MR) is 98.3 cm³/mol. The van der Waals surface area contributed by atoms with Crippen LogP contribution in [0.3, 0.4) is 0 Å². The Morgan fingerprint density at radius 3 is 2.73 bits per heavy atom. The molecule has 1 saturated heterocycles.